The van der Waals surface area contributed by atoms with E-state index in [0.29, 0.717) is 24.6 Å². The Balaban J connectivity index is 0.00000240. The van der Waals surface area contributed by atoms with Gasteiger partial charge in [0, 0.05) is 17.8 Å². The maximum atomic E-state index is 13.1. The summed E-state index contributed by atoms with van der Waals surface area (Å²) in [6.07, 6.45) is 5.05. The van der Waals surface area contributed by atoms with Gasteiger partial charge in [0.05, 0.1) is 12.1 Å². The highest BCUT2D eigenvalue weighted by Gasteiger charge is 2.29. The molecule has 29 heavy (non-hydrogen) atoms. The SMILES string of the molecule is Cl.NCC1CCCC1NC(=O)c1cn(Cc2ccccc2)nc1-c1ccccc1. The van der Waals surface area contributed by atoms with Gasteiger partial charge < -0.3 is 11.1 Å². The molecule has 4 rings (SSSR count). The van der Waals surface area contributed by atoms with Gasteiger partial charge in [0.2, 0.25) is 0 Å². The normalized spacial score (nSPS) is 18.2. The van der Waals surface area contributed by atoms with E-state index in [2.05, 4.69) is 17.4 Å². The van der Waals surface area contributed by atoms with Gasteiger partial charge in [-0.05, 0) is 30.9 Å². The largest absolute Gasteiger partial charge is 0.349 e. The standard InChI is InChI=1S/C23H26N4O.ClH/c24-14-19-12-7-13-21(19)25-23(28)20-16-27(15-17-8-3-1-4-9-17)26-22(20)18-10-5-2-6-11-18;/h1-6,8-11,16,19,21H,7,12-15,24H2,(H,25,28);1H. The lowest BCUT2D eigenvalue weighted by molar-refractivity contribution is 0.0929. The van der Waals surface area contributed by atoms with Crippen LogP contribution in [0.15, 0.2) is 66.9 Å². The second-order valence-electron chi connectivity index (χ2n) is 7.45. The maximum absolute atomic E-state index is 13.1. The fourth-order valence-electron chi connectivity index (χ4n) is 4.00. The smallest absolute Gasteiger partial charge is 0.255 e. The highest BCUT2D eigenvalue weighted by molar-refractivity contribution is 6.00. The number of benzene rings is 2. The molecule has 0 spiro atoms. The van der Waals surface area contributed by atoms with Gasteiger partial charge >= 0.3 is 0 Å². The highest BCUT2D eigenvalue weighted by atomic mass is 35.5. The molecule has 0 saturated heterocycles. The Morgan fingerprint density at radius 1 is 1.07 bits per heavy atom. The Hall–Kier alpha value is -2.63. The van der Waals surface area contributed by atoms with Crippen molar-refractivity contribution in [3.63, 3.8) is 0 Å². The molecule has 2 atom stereocenters. The number of aromatic nitrogens is 2. The second kappa shape index (κ2) is 9.72. The van der Waals surface area contributed by atoms with Crippen molar-refractivity contribution in [3.05, 3.63) is 78.0 Å². The van der Waals surface area contributed by atoms with E-state index in [1.54, 1.807) is 0 Å². The number of carbonyl (C=O) groups excluding carboxylic acids is 1. The number of halogens is 1. The summed E-state index contributed by atoms with van der Waals surface area (Å²) in [4.78, 5) is 13.1. The summed E-state index contributed by atoms with van der Waals surface area (Å²) in [6.45, 7) is 1.24. The van der Waals surface area contributed by atoms with Crippen LogP contribution in [0, 0.1) is 5.92 Å². The first-order chi connectivity index (χ1) is 13.7. The summed E-state index contributed by atoms with van der Waals surface area (Å²) in [7, 11) is 0. The van der Waals surface area contributed by atoms with Crippen molar-refractivity contribution >= 4 is 18.3 Å². The van der Waals surface area contributed by atoms with Crippen molar-refractivity contribution in [3.8, 4) is 11.3 Å². The Morgan fingerprint density at radius 3 is 2.45 bits per heavy atom. The van der Waals surface area contributed by atoms with Crippen LogP contribution in [-0.2, 0) is 6.54 Å². The minimum atomic E-state index is -0.0662. The third-order valence-corrected chi connectivity index (χ3v) is 5.52. The van der Waals surface area contributed by atoms with Gasteiger partial charge in [0.25, 0.3) is 5.91 Å². The minimum Gasteiger partial charge on any atom is -0.349 e. The molecule has 2 unspecified atom stereocenters. The monoisotopic (exact) mass is 410 g/mol. The van der Waals surface area contributed by atoms with E-state index in [1.165, 1.54) is 0 Å². The van der Waals surface area contributed by atoms with Crippen LogP contribution in [0.4, 0.5) is 0 Å². The van der Waals surface area contributed by atoms with E-state index in [1.807, 2.05) is 59.4 Å². The molecule has 2 aromatic carbocycles. The summed E-state index contributed by atoms with van der Waals surface area (Å²) < 4.78 is 1.85. The quantitative estimate of drug-likeness (QED) is 0.647. The van der Waals surface area contributed by atoms with Crippen LogP contribution in [0.25, 0.3) is 11.3 Å². The first kappa shape index (κ1) is 21.1. The Kier molecular flexibility index (Phi) is 7.07. The van der Waals surface area contributed by atoms with Crippen molar-refractivity contribution < 1.29 is 4.79 Å². The van der Waals surface area contributed by atoms with Gasteiger partial charge in [0.1, 0.15) is 5.69 Å². The number of hydrogen-bond donors (Lipinski definition) is 2. The van der Waals surface area contributed by atoms with E-state index in [9.17, 15) is 4.79 Å². The van der Waals surface area contributed by atoms with E-state index >= 15 is 0 Å². The second-order valence-corrected chi connectivity index (χ2v) is 7.45. The zero-order valence-electron chi connectivity index (χ0n) is 16.3. The molecule has 0 bridgehead atoms. The number of carbonyl (C=O) groups is 1. The van der Waals surface area contributed by atoms with Crippen LogP contribution in [0.2, 0.25) is 0 Å². The van der Waals surface area contributed by atoms with Crippen LogP contribution in [0.3, 0.4) is 0 Å². The van der Waals surface area contributed by atoms with E-state index in [0.717, 1.165) is 36.1 Å². The van der Waals surface area contributed by atoms with Crippen molar-refractivity contribution in [2.75, 3.05) is 6.54 Å². The van der Waals surface area contributed by atoms with Crippen LogP contribution < -0.4 is 11.1 Å². The Morgan fingerprint density at radius 2 is 1.76 bits per heavy atom. The fourth-order valence-corrected chi connectivity index (χ4v) is 4.00. The predicted molar refractivity (Wildman–Crippen MR) is 118 cm³/mol. The summed E-state index contributed by atoms with van der Waals surface area (Å²) in [6, 6.07) is 20.2. The number of nitrogens with one attached hydrogen (secondary N) is 1. The molecule has 0 aliphatic heterocycles. The third-order valence-electron chi connectivity index (χ3n) is 5.52. The number of hydrogen-bond acceptors (Lipinski definition) is 3. The highest BCUT2D eigenvalue weighted by Crippen LogP contribution is 2.27. The number of nitrogens with two attached hydrogens (primary N) is 1. The van der Waals surface area contributed by atoms with Crippen molar-refractivity contribution in [2.24, 2.45) is 11.7 Å². The molecule has 5 nitrogen and oxygen atoms in total. The summed E-state index contributed by atoms with van der Waals surface area (Å²) in [5.41, 5.74) is 9.31. The van der Waals surface area contributed by atoms with Crippen LogP contribution >= 0.6 is 12.4 Å². The third kappa shape index (κ3) is 4.86. The molecule has 1 aliphatic rings. The first-order valence-electron chi connectivity index (χ1n) is 9.92. The average Bonchev–Trinajstić information content (AvgIpc) is 3.36. The zero-order chi connectivity index (χ0) is 19.3. The van der Waals surface area contributed by atoms with Crippen molar-refractivity contribution in [1.82, 2.24) is 15.1 Å². The van der Waals surface area contributed by atoms with E-state index < -0.39 is 0 Å². The molecule has 1 amide bonds. The first-order valence-corrected chi connectivity index (χ1v) is 9.92. The van der Waals surface area contributed by atoms with Gasteiger partial charge in [-0.15, -0.1) is 12.4 Å². The lowest BCUT2D eigenvalue weighted by Gasteiger charge is -2.19. The molecule has 1 fully saturated rings. The number of nitrogens with zero attached hydrogens (tertiary/aromatic N) is 2. The molecular formula is C23H27ClN4O. The van der Waals surface area contributed by atoms with Gasteiger partial charge in [0.15, 0.2) is 0 Å². The lowest BCUT2D eigenvalue weighted by Crippen LogP contribution is -2.39. The maximum Gasteiger partial charge on any atom is 0.255 e. The number of rotatable bonds is 6. The molecule has 1 aliphatic carbocycles. The van der Waals surface area contributed by atoms with Crippen molar-refractivity contribution in [2.45, 2.75) is 31.8 Å². The summed E-state index contributed by atoms with van der Waals surface area (Å²) in [5.74, 6) is 0.298. The summed E-state index contributed by atoms with van der Waals surface area (Å²) >= 11 is 0. The average molecular weight is 411 g/mol. The van der Waals surface area contributed by atoms with Crippen LogP contribution in [0.5, 0.6) is 0 Å². The topological polar surface area (TPSA) is 72.9 Å². The summed E-state index contributed by atoms with van der Waals surface area (Å²) in [5, 5.41) is 7.95. The number of amides is 1. The Labute approximate surface area is 177 Å². The van der Waals surface area contributed by atoms with Crippen LogP contribution in [0.1, 0.15) is 35.2 Å². The molecule has 152 valence electrons. The van der Waals surface area contributed by atoms with Crippen LogP contribution in [-0.4, -0.2) is 28.3 Å². The van der Waals surface area contributed by atoms with Crippen molar-refractivity contribution in [1.29, 1.82) is 0 Å². The van der Waals surface area contributed by atoms with Gasteiger partial charge in [-0.2, -0.15) is 5.10 Å². The molecule has 3 aromatic rings. The van der Waals surface area contributed by atoms with Gasteiger partial charge in [-0.25, -0.2) is 0 Å². The van der Waals surface area contributed by atoms with Gasteiger partial charge in [-0.3, -0.25) is 9.48 Å². The molecule has 0 radical (unpaired) electrons. The predicted octanol–water partition coefficient (Wildman–Crippen LogP) is 3.88. The zero-order valence-corrected chi connectivity index (χ0v) is 17.1. The fraction of sp³-hybridized carbons (Fsp3) is 0.304. The lowest BCUT2D eigenvalue weighted by atomic mass is 10.0. The molecule has 1 saturated carbocycles. The molecule has 6 heteroatoms. The molecule has 1 aromatic heterocycles. The minimum absolute atomic E-state index is 0. The van der Waals surface area contributed by atoms with E-state index in [-0.39, 0.29) is 24.4 Å². The van der Waals surface area contributed by atoms with E-state index in [4.69, 9.17) is 10.8 Å². The molecule has 1 heterocycles. The van der Waals surface area contributed by atoms with Gasteiger partial charge in [-0.1, -0.05) is 67.1 Å². The molecular weight excluding hydrogens is 384 g/mol. The molecule has 3 N–H and O–H groups in total. The Bertz CT molecular complexity index is 927.